The molecule has 7 heteroatoms. The number of anilines is 1. The van der Waals surface area contributed by atoms with Crippen LogP contribution in [0, 0.1) is 13.8 Å². The highest BCUT2D eigenvalue weighted by Crippen LogP contribution is 2.21. The number of aromatic nitrogens is 2. The first-order chi connectivity index (χ1) is 11.9. The van der Waals surface area contributed by atoms with Gasteiger partial charge in [-0.1, -0.05) is 23.7 Å². The SMILES string of the molecule is Cc1nc(NC(=O)c2cccn(Cc3cccc(Cl)c3)c2=O)sc1C. The summed E-state index contributed by atoms with van der Waals surface area (Å²) < 4.78 is 1.49. The Bertz CT molecular complexity index is 974. The number of halogens is 1. The Hall–Kier alpha value is -2.44. The van der Waals surface area contributed by atoms with E-state index in [1.807, 2.05) is 26.0 Å². The molecule has 2 aromatic heterocycles. The zero-order chi connectivity index (χ0) is 18.0. The number of carbonyl (C=O) groups is 1. The second-order valence-electron chi connectivity index (χ2n) is 5.60. The van der Waals surface area contributed by atoms with E-state index < -0.39 is 5.91 Å². The van der Waals surface area contributed by atoms with Crippen molar-refractivity contribution in [1.29, 1.82) is 0 Å². The van der Waals surface area contributed by atoms with Crippen molar-refractivity contribution >= 4 is 34.0 Å². The third kappa shape index (κ3) is 3.97. The zero-order valence-corrected chi connectivity index (χ0v) is 15.3. The number of benzene rings is 1. The van der Waals surface area contributed by atoms with Crippen LogP contribution in [0.4, 0.5) is 5.13 Å². The summed E-state index contributed by atoms with van der Waals surface area (Å²) in [5.41, 5.74) is 1.48. The van der Waals surface area contributed by atoms with Crippen LogP contribution >= 0.6 is 22.9 Å². The fourth-order valence-corrected chi connectivity index (χ4v) is 3.38. The monoisotopic (exact) mass is 373 g/mol. The maximum Gasteiger partial charge on any atom is 0.263 e. The van der Waals surface area contributed by atoms with Crippen molar-refractivity contribution in [2.45, 2.75) is 20.4 Å². The number of rotatable bonds is 4. The fraction of sp³-hybridized carbons (Fsp3) is 0.167. The minimum Gasteiger partial charge on any atom is -0.310 e. The van der Waals surface area contributed by atoms with E-state index in [4.69, 9.17) is 11.6 Å². The molecule has 0 bridgehead atoms. The normalized spacial score (nSPS) is 10.7. The predicted molar refractivity (Wildman–Crippen MR) is 101 cm³/mol. The molecule has 0 fully saturated rings. The van der Waals surface area contributed by atoms with Crippen molar-refractivity contribution in [2.24, 2.45) is 0 Å². The maximum absolute atomic E-state index is 12.6. The van der Waals surface area contributed by atoms with E-state index in [-0.39, 0.29) is 11.1 Å². The van der Waals surface area contributed by atoms with Gasteiger partial charge in [-0.25, -0.2) is 4.98 Å². The van der Waals surface area contributed by atoms with Crippen molar-refractivity contribution in [3.8, 4) is 0 Å². The lowest BCUT2D eigenvalue weighted by Crippen LogP contribution is -2.29. The second kappa shape index (κ2) is 7.21. The highest BCUT2D eigenvalue weighted by molar-refractivity contribution is 7.15. The highest BCUT2D eigenvalue weighted by atomic mass is 35.5. The molecule has 0 spiro atoms. The van der Waals surface area contributed by atoms with Crippen molar-refractivity contribution in [3.05, 3.63) is 79.7 Å². The van der Waals surface area contributed by atoms with Crippen LogP contribution in [-0.4, -0.2) is 15.5 Å². The summed E-state index contributed by atoms with van der Waals surface area (Å²) in [5, 5.41) is 3.79. The molecule has 2 heterocycles. The van der Waals surface area contributed by atoms with Gasteiger partial charge < -0.3 is 4.57 Å². The van der Waals surface area contributed by atoms with E-state index in [0.717, 1.165) is 16.1 Å². The lowest BCUT2D eigenvalue weighted by atomic mass is 10.2. The first kappa shape index (κ1) is 17.4. The van der Waals surface area contributed by atoms with Gasteiger partial charge >= 0.3 is 0 Å². The van der Waals surface area contributed by atoms with Gasteiger partial charge in [0.1, 0.15) is 5.56 Å². The molecule has 5 nitrogen and oxygen atoms in total. The Balaban J connectivity index is 1.85. The van der Waals surface area contributed by atoms with Crippen molar-refractivity contribution in [2.75, 3.05) is 5.32 Å². The number of hydrogen-bond donors (Lipinski definition) is 1. The zero-order valence-electron chi connectivity index (χ0n) is 13.7. The largest absolute Gasteiger partial charge is 0.310 e. The second-order valence-corrected chi connectivity index (χ2v) is 7.24. The molecule has 0 radical (unpaired) electrons. The molecule has 0 aliphatic heterocycles. The number of carbonyl (C=O) groups excluding carboxylic acids is 1. The van der Waals surface area contributed by atoms with Crippen LogP contribution in [0.5, 0.6) is 0 Å². The van der Waals surface area contributed by atoms with Crippen LogP contribution in [0.3, 0.4) is 0 Å². The molecule has 0 unspecified atom stereocenters. The van der Waals surface area contributed by atoms with Crippen LogP contribution in [0.15, 0.2) is 47.4 Å². The number of thiazole rings is 1. The lowest BCUT2D eigenvalue weighted by molar-refractivity contribution is 0.102. The number of hydrogen-bond acceptors (Lipinski definition) is 4. The van der Waals surface area contributed by atoms with Gasteiger partial charge in [-0.3, -0.25) is 14.9 Å². The van der Waals surface area contributed by atoms with E-state index in [1.54, 1.807) is 24.4 Å². The van der Waals surface area contributed by atoms with Crippen LogP contribution in [0.25, 0.3) is 0 Å². The van der Waals surface area contributed by atoms with E-state index in [2.05, 4.69) is 10.3 Å². The average molecular weight is 374 g/mol. The first-order valence-electron chi connectivity index (χ1n) is 7.63. The van der Waals surface area contributed by atoms with E-state index in [9.17, 15) is 9.59 Å². The smallest absolute Gasteiger partial charge is 0.263 e. The number of aryl methyl sites for hydroxylation is 2. The van der Waals surface area contributed by atoms with Gasteiger partial charge in [-0.05, 0) is 43.7 Å². The summed E-state index contributed by atoms with van der Waals surface area (Å²) in [6.07, 6.45) is 1.65. The summed E-state index contributed by atoms with van der Waals surface area (Å²) in [6.45, 7) is 4.15. The van der Waals surface area contributed by atoms with E-state index >= 15 is 0 Å². The Morgan fingerprint density at radius 3 is 2.76 bits per heavy atom. The van der Waals surface area contributed by atoms with Crippen LogP contribution in [-0.2, 0) is 6.54 Å². The highest BCUT2D eigenvalue weighted by Gasteiger charge is 2.15. The Kier molecular flexibility index (Phi) is 5.01. The molecule has 0 saturated carbocycles. The minimum absolute atomic E-state index is 0.0787. The summed E-state index contributed by atoms with van der Waals surface area (Å²) in [7, 11) is 0. The first-order valence-corrected chi connectivity index (χ1v) is 8.83. The number of nitrogens with one attached hydrogen (secondary N) is 1. The molecular weight excluding hydrogens is 358 g/mol. The molecule has 25 heavy (non-hydrogen) atoms. The lowest BCUT2D eigenvalue weighted by Gasteiger charge is -2.08. The Labute approximate surface area is 153 Å². The number of amides is 1. The summed E-state index contributed by atoms with van der Waals surface area (Å²) >= 11 is 7.37. The molecule has 3 aromatic rings. The molecule has 0 aliphatic carbocycles. The third-order valence-corrected chi connectivity index (χ3v) is 4.98. The van der Waals surface area contributed by atoms with Crippen LogP contribution in [0.1, 0.15) is 26.5 Å². The van der Waals surface area contributed by atoms with Gasteiger partial charge in [0.05, 0.1) is 12.2 Å². The number of nitrogens with zero attached hydrogens (tertiary/aromatic N) is 2. The van der Waals surface area contributed by atoms with Gasteiger partial charge in [0, 0.05) is 16.1 Å². The van der Waals surface area contributed by atoms with Gasteiger partial charge in [-0.2, -0.15) is 0 Å². The van der Waals surface area contributed by atoms with Gasteiger partial charge in [-0.15, -0.1) is 11.3 Å². The van der Waals surface area contributed by atoms with Gasteiger partial charge in [0.15, 0.2) is 5.13 Å². The van der Waals surface area contributed by atoms with Crippen LogP contribution in [0.2, 0.25) is 5.02 Å². The molecule has 1 aromatic carbocycles. The van der Waals surface area contributed by atoms with E-state index in [0.29, 0.717) is 16.7 Å². The summed E-state index contributed by atoms with van der Waals surface area (Å²) in [5.74, 6) is -0.459. The van der Waals surface area contributed by atoms with Gasteiger partial charge in [0.2, 0.25) is 0 Å². The fourth-order valence-electron chi connectivity index (χ4n) is 2.36. The Morgan fingerprint density at radius 2 is 2.08 bits per heavy atom. The molecule has 0 aliphatic rings. The van der Waals surface area contributed by atoms with E-state index in [1.165, 1.54) is 22.0 Å². The summed E-state index contributed by atoms with van der Waals surface area (Å²) in [6, 6.07) is 10.5. The Morgan fingerprint density at radius 1 is 1.28 bits per heavy atom. The van der Waals surface area contributed by atoms with Gasteiger partial charge in [0.25, 0.3) is 11.5 Å². The van der Waals surface area contributed by atoms with Crippen molar-refractivity contribution < 1.29 is 4.79 Å². The molecule has 1 amide bonds. The molecule has 0 atom stereocenters. The quantitative estimate of drug-likeness (QED) is 0.754. The standard InChI is InChI=1S/C18H16ClN3O2S/c1-11-12(2)25-18(20-11)21-16(23)15-7-4-8-22(17(15)24)10-13-5-3-6-14(19)9-13/h3-9H,10H2,1-2H3,(H,20,21,23). The summed E-state index contributed by atoms with van der Waals surface area (Å²) in [4.78, 5) is 30.3. The molecule has 0 saturated heterocycles. The molecule has 128 valence electrons. The maximum atomic E-state index is 12.6. The number of pyridine rings is 1. The van der Waals surface area contributed by atoms with Crippen molar-refractivity contribution in [3.63, 3.8) is 0 Å². The predicted octanol–water partition coefficient (Wildman–Crippen LogP) is 3.88. The average Bonchev–Trinajstić information content (AvgIpc) is 2.87. The minimum atomic E-state index is -0.459. The molecular formula is C18H16ClN3O2S. The van der Waals surface area contributed by atoms with Crippen molar-refractivity contribution in [1.82, 2.24) is 9.55 Å². The molecule has 1 N–H and O–H groups in total. The topological polar surface area (TPSA) is 64.0 Å². The third-order valence-electron chi connectivity index (χ3n) is 3.76. The van der Waals surface area contributed by atoms with Crippen LogP contribution < -0.4 is 10.9 Å². The molecule has 3 rings (SSSR count).